The normalized spacial score (nSPS) is 10.4. The third kappa shape index (κ3) is 2.38. The lowest BCUT2D eigenvalue weighted by atomic mass is 9.99. The summed E-state index contributed by atoms with van der Waals surface area (Å²) in [6, 6.07) is 17.8. The van der Waals surface area contributed by atoms with Crippen LogP contribution < -0.4 is 0 Å². The van der Waals surface area contributed by atoms with Crippen LogP contribution in [0.25, 0.3) is 22.4 Å². The zero-order valence-electron chi connectivity index (χ0n) is 11.1. The molecule has 0 fully saturated rings. The molecular formula is C17H14N2O. The van der Waals surface area contributed by atoms with E-state index in [4.69, 9.17) is 0 Å². The number of carbonyl (C=O) groups is 1. The second-order valence-corrected chi connectivity index (χ2v) is 4.69. The van der Waals surface area contributed by atoms with Gasteiger partial charge in [-0.05, 0) is 36.2 Å². The van der Waals surface area contributed by atoms with Crippen molar-refractivity contribution in [2.24, 2.45) is 0 Å². The molecule has 20 heavy (non-hydrogen) atoms. The molecule has 3 aromatic rings. The fraction of sp³-hybridized carbons (Fsp3) is 0.0588. The highest BCUT2D eigenvalue weighted by atomic mass is 16.1. The summed E-state index contributed by atoms with van der Waals surface area (Å²) >= 11 is 0. The van der Waals surface area contributed by atoms with Gasteiger partial charge in [-0.1, -0.05) is 36.4 Å². The summed E-state index contributed by atoms with van der Waals surface area (Å²) in [6.07, 6.45) is 1.73. The number of ketones is 1. The van der Waals surface area contributed by atoms with Crippen molar-refractivity contribution in [1.82, 2.24) is 10.2 Å². The summed E-state index contributed by atoms with van der Waals surface area (Å²) in [7, 11) is 0. The largest absolute Gasteiger partial charge is 0.295 e. The molecule has 3 nitrogen and oxygen atoms in total. The zero-order valence-corrected chi connectivity index (χ0v) is 11.1. The number of benzene rings is 2. The van der Waals surface area contributed by atoms with Crippen LogP contribution in [0.4, 0.5) is 0 Å². The van der Waals surface area contributed by atoms with Crippen LogP contribution in [0.5, 0.6) is 0 Å². The topological polar surface area (TPSA) is 45.8 Å². The minimum atomic E-state index is 0.0802. The van der Waals surface area contributed by atoms with Gasteiger partial charge in [0, 0.05) is 17.3 Å². The second-order valence-electron chi connectivity index (χ2n) is 4.69. The standard InChI is InChI=1S/C17H14N2O/c1-12(20)13-4-2-5-14(10-13)15-6-3-7-16(11-15)17-8-9-18-19-17/h2-11H,1H3,(H,18,19). The molecule has 0 saturated heterocycles. The lowest BCUT2D eigenvalue weighted by Crippen LogP contribution is -1.91. The first-order valence-electron chi connectivity index (χ1n) is 6.45. The lowest BCUT2D eigenvalue weighted by molar-refractivity contribution is 0.101. The number of nitrogens with zero attached hydrogens (tertiary/aromatic N) is 1. The quantitative estimate of drug-likeness (QED) is 0.726. The van der Waals surface area contributed by atoms with E-state index in [2.05, 4.69) is 16.3 Å². The number of hydrogen-bond acceptors (Lipinski definition) is 2. The molecule has 1 aromatic heterocycles. The molecule has 1 heterocycles. The number of aromatic nitrogens is 2. The van der Waals surface area contributed by atoms with Crippen LogP contribution in [0.15, 0.2) is 60.8 Å². The van der Waals surface area contributed by atoms with Crippen LogP contribution in [-0.4, -0.2) is 16.0 Å². The summed E-state index contributed by atoms with van der Waals surface area (Å²) in [5, 5.41) is 6.93. The Kier molecular flexibility index (Phi) is 3.17. The predicted octanol–water partition coefficient (Wildman–Crippen LogP) is 3.95. The van der Waals surface area contributed by atoms with E-state index in [9.17, 15) is 4.79 Å². The first-order chi connectivity index (χ1) is 9.74. The van der Waals surface area contributed by atoms with Crippen molar-refractivity contribution in [1.29, 1.82) is 0 Å². The van der Waals surface area contributed by atoms with Crippen LogP contribution in [-0.2, 0) is 0 Å². The van der Waals surface area contributed by atoms with Crippen LogP contribution in [0.3, 0.4) is 0 Å². The van der Waals surface area contributed by atoms with Gasteiger partial charge in [0.25, 0.3) is 0 Å². The summed E-state index contributed by atoms with van der Waals surface area (Å²) in [5.74, 6) is 0.0802. The molecule has 0 aliphatic heterocycles. The number of Topliss-reactive ketones (excluding diaryl/α,β-unsaturated/α-hetero) is 1. The van der Waals surface area contributed by atoms with E-state index >= 15 is 0 Å². The molecule has 98 valence electrons. The molecule has 0 amide bonds. The maximum atomic E-state index is 11.5. The predicted molar refractivity (Wildman–Crippen MR) is 79.5 cm³/mol. The van der Waals surface area contributed by atoms with Crippen molar-refractivity contribution >= 4 is 5.78 Å². The summed E-state index contributed by atoms with van der Waals surface area (Å²) in [6.45, 7) is 1.58. The smallest absolute Gasteiger partial charge is 0.159 e. The third-order valence-corrected chi connectivity index (χ3v) is 3.28. The molecule has 0 unspecified atom stereocenters. The Balaban J connectivity index is 2.04. The van der Waals surface area contributed by atoms with E-state index in [1.807, 2.05) is 48.5 Å². The summed E-state index contributed by atoms with van der Waals surface area (Å²) in [5.41, 5.74) is 4.91. The molecule has 0 saturated carbocycles. The fourth-order valence-electron chi connectivity index (χ4n) is 2.20. The first-order valence-corrected chi connectivity index (χ1v) is 6.45. The number of nitrogens with one attached hydrogen (secondary N) is 1. The van der Waals surface area contributed by atoms with Gasteiger partial charge in [0.05, 0.1) is 5.69 Å². The van der Waals surface area contributed by atoms with E-state index in [1.54, 1.807) is 13.1 Å². The van der Waals surface area contributed by atoms with Crippen LogP contribution in [0.2, 0.25) is 0 Å². The third-order valence-electron chi connectivity index (χ3n) is 3.28. The molecule has 0 bridgehead atoms. The Morgan fingerprint density at radius 1 is 0.950 bits per heavy atom. The molecule has 0 spiro atoms. The SMILES string of the molecule is CC(=O)c1cccc(-c2cccc(-c3ccn[nH]3)c2)c1. The number of H-pyrrole nitrogens is 1. The molecule has 0 radical (unpaired) electrons. The molecule has 3 rings (SSSR count). The first kappa shape index (κ1) is 12.4. The molecule has 0 aliphatic carbocycles. The van der Waals surface area contributed by atoms with Gasteiger partial charge in [-0.25, -0.2) is 0 Å². The van der Waals surface area contributed by atoms with Crippen LogP contribution >= 0.6 is 0 Å². The van der Waals surface area contributed by atoms with E-state index in [1.165, 1.54) is 0 Å². The molecular weight excluding hydrogens is 248 g/mol. The Labute approximate surface area is 117 Å². The summed E-state index contributed by atoms with van der Waals surface area (Å²) in [4.78, 5) is 11.5. The number of aromatic amines is 1. The van der Waals surface area contributed by atoms with Gasteiger partial charge in [0.1, 0.15) is 0 Å². The maximum absolute atomic E-state index is 11.5. The van der Waals surface area contributed by atoms with Gasteiger partial charge in [0.15, 0.2) is 5.78 Å². The Hall–Kier alpha value is -2.68. The van der Waals surface area contributed by atoms with Crippen molar-refractivity contribution in [3.05, 3.63) is 66.4 Å². The average Bonchev–Trinajstić information content (AvgIpc) is 3.02. The minimum absolute atomic E-state index is 0.0802. The monoisotopic (exact) mass is 262 g/mol. The highest BCUT2D eigenvalue weighted by Crippen LogP contribution is 2.25. The number of rotatable bonds is 3. The van der Waals surface area contributed by atoms with Crippen LogP contribution in [0, 0.1) is 0 Å². The fourth-order valence-corrected chi connectivity index (χ4v) is 2.20. The molecule has 0 aliphatic rings. The van der Waals surface area contributed by atoms with E-state index in [0.29, 0.717) is 0 Å². The van der Waals surface area contributed by atoms with Gasteiger partial charge in [-0.3, -0.25) is 9.89 Å². The second kappa shape index (κ2) is 5.13. The van der Waals surface area contributed by atoms with Crippen molar-refractivity contribution in [2.45, 2.75) is 6.92 Å². The lowest BCUT2D eigenvalue weighted by Gasteiger charge is -2.06. The number of hydrogen-bond donors (Lipinski definition) is 1. The minimum Gasteiger partial charge on any atom is -0.295 e. The highest BCUT2D eigenvalue weighted by Gasteiger charge is 2.05. The van der Waals surface area contributed by atoms with Crippen molar-refractivity contribution in [3.63, 3.8) is 0 Å². The van der Waals surface area contributed by atoms with Gasteiger partial charge in [0.2, 0.25) is 0 Å². The van der Waals surface area contributed by atoms with E-state index in [-0.39, 0.29) is 5.78 Å². The van der Waals surface area contributed by atoms with Crippen LogP contribution in [0.1, 0.15) is 17.3 Å². The van der Waals surface area contributed by atoms with Gasteiger partial charge in [-0.15, -0.1) is 0 Å². The van der Waals surface area contributed by atoms with Gasteiger partial charge >= 0.3 is 0 Å². The molecule has 3 heteroatoms. The number of carbonyl (C=O) groups excluding carboxylic acids is 1. The van der Waals surface area contributed by atoms with E-state index in [0.717, 1.165) is 27.9 Å². The van der Waals surface area contributed by atoms with Crippen molar-refractivity contribution in [3.8, 4) is 22.4 Å². The molecule has 0 atom stereocenters. The van der Waals surface area contributed by atoms with Crippen molar-refractivity contribution < 1.29 is 4.79 Å². The Morgan fingerprint density at radius 3 is 2.35 bits per heavy atom. The average molecular weight is 262 g/mol. The Bertz CT molecular complexity index is 745. The molecule has 2 aromatic carbocycles. The summed E-state index contributed by atoms with van der Waals surface area (Å²) < 4.78 is 0. The van der Waals surface area contributed by atoms with Gasteiger partial charge in [-0.2, -0.15) is 5.10 Å². The van der Waals surface area contributed by atoms with Crippen molar-refractivity contribution in [2.75, 3.05) is 0 Å². The Morgan fingerprint density at radius 2 is 1.65 bits per heavy atom. The highest BCUT2D eigenvalue weighted by molar-refractivity contribution is 5.95. The zero-order chi connectivity index (χ0) is 13.9. The maximum Gasteiger partial charge on any atom is 0.159 e. The molecule has 1 N–H and O–H groups in total. The van der Waals surface area contributed by atoms with E-state index < -0.39 is 0 Å². The van der Waals surface area contributed by atoms with Gasteiger partial charge < -0.3 is 0 Å².